The lowest BCUT2D eigenvalue weighted by atomic mass is 9.98. The molecule has 0 spiro atoms. The van der Waals surface area contributed by atoms with Gasteiger partial charge in [0.1, 0.15) is 0 Å². The van der Waals surface area contributed by atoms with Crippen LogP contribution < -0.4 is 5.32 Å². The number of rotatable bonds is 3. The molecule has 128 valence electrons. The summed E-state index contributed by atoms with van der Waals surface area (Å²) in [6, 6.07) is 8.79. The summed E-state index contributed by atoms with van der Waals surface area (Å²) in [6.07, 6.45) is 6.24. The monoisotopic (exact) mass is 342 g/mol. The number of nitrogens with zero attached hydrogens (tertiary/aromatic N) is 3. The molecule has 24 heavy (non-hydrogen) atoms. The molecule has 0 amide bonds. The van der Waals surface area contributed by atoms with Gasteiger partial charge in [-0.3, -0.25) is 4.98 Å². The van der Waals surface area contributed by atoms with Gasteiger partial charge >= 0.3 is 0 Å². The average molecular weight is 343 g/mol. The Morgan fingerprint density at radius 2 is 1.96 bits per heavy atom. The van der Waals surface area contributed by atoms with Crippen molar-refractivity contribution < 1.29 is 0 Å². The van der Waals surface area contributed by atoms with Crippen LogP contribution in [0.3, 0.4) is 0 Å². The summed E-state index contributed by atoms with van der Waals surface area (Å²) in [5.74, 6) is 0. The van der Waals surface area contributed by atoms with Crippen molar-refractivity contribution in [1.82, 2.24) is 19.8 Å². The first-order valence-corrected chi connectivity index (χ1v) is 8.88. The summed E-state index contributed by atoms with van der Waals surface area (Å²) in [7, 11) is 0. The van der Waals surface area contributed by atoms with Gasteiger partial charge < -0.3 is 14.8 Å². The lowest BCUT2D eigenvalue weighted by Crippen LogP contribution is -2.35. The molecule has 5 heteroatoms. The highest BCUT2D eigenvalue weighted by Gasteiger charge is 2.41. The van der Waals surface area contributed by atoms with Crippen LogP contribution in [0, 0.1) is 0 Å². The molecule has 0 aromatic carbocycles. The highest BCUT2D eigenvalue weighted by atomic mass is 32.1. The number of pyridine rings is 1. The third-order valence-electron chi connectivity index (χ3n) is 4.52. The zero-order chi connectivity index (χ0) is 17.5. The summed E-state index contributed by atoms with van der Waals surface area (Å²) in [5, 5.41) is 4.28. The molecule has 0 saturated carbocycles. The Bertz CT molecular complexity index is 714. The highest BCUT2D eigenvalue weighted by molar-refractivity contribution is 7.80. The van der Waals surface area contributed by atoms with Gasteiger partial charge in [0.25, 0.3) is 0 Å². The van der Waals surface area contributed by atoms with Gasteiger partial charge in [0, 0.05) is 30.2 Å². The minimum atomic E-state index is 0.0634. The van der Waals surface area contributed by atoms with E-state index in [9.17, 15) is 0 Å². The zero-order valence-corrected chi connectivity index (χ0v) is 15.8. The van der Waals surface area contributed by atoms with Gasteiger partial charge in [-0.2, -0.15) is 0 Å². The van der Waals surface area contributed by atoms with Crippen LogP contribution >= 0.6 is 12.2 Å². The molecule has 1 aliphatic rings. The first kappa shape index (κ1) is 17.0. The molecule has 1 aliphatic heterocycles. The van der Waals surface area contributed by atoms with E-state index in [4.69, 9.17) is 12.2 Å². The van der Waals surface area contributed by atoms with Crippen LogP contribution in [0.1, 0.15) is 58.0 Å². The standard InChI is InChI=1S/C19H26N4S/c1-13(2)23-17(14-9-11-22(12-14)19(3,4)5)16(21-18(23)24)15-8-6-7-10-20-15/h6-13,16-17H,1-5H3,(H,21,24)/t16-,17-/m1/s1. The molecule has 2 aromatic heterocycles. The van der Waals surface area contributed by atoms with Crippen molar-refractivity contribution in [1.29, 1.82) is 0 Å². The number of nitrogens with one attached hydrogen (secondary N) is 1. The molecular formula is C19H26N4S. The fourth-order valence-electron chi connectivity index (χ4n) is 3.28. The minimum absolute atomic E-state index is 0.0634. The van der Waals surface area contributed by atoms with Crippen molar-refractivity contribution in [3.63, 3.8) is 0 Å². The lowest BCUT2D eigenvalue weighted by molar-refractivity contribution is 0.269. The predicted molar refractivity (Wildman–Crippen MR) is 102 cm³/mol. The van der Waals surface area contributed by atoms with E-state index in [1.54, 1.807) is 0 Å². The van der Waals surface area contributed by atoms with Crippen molar-refractivity contribution in [3.8, 4) is 0 Å². The maximum Gasteiger partial charge on any atom is 0.170 e. The number of hydrogen-bond acceptors (Lipinski definition) is 2. The topological polar surface area (TPSA) is 33.1 Å². The molecule has 1 N–H and O–H groups in total. The molecular weight excluding hydrogens is 316 g/mol. The van der Waals surface area contributed by atoms with E-state index in [-0.39, 0.29) is 17.6 Å². The Labute approximate surface area is 149 Å². The number of thiocarbonyl (C=S) groups is 1. The quantitative estimate of drug-likeness (QED) is 0.854. The molecule has 0 aliphatic carbocycles. The smallest absolute Gasteiger partial charge is 0.170 e. The summed E-state index contributed by atoms with van der Waals surface area (Å²) in [4.78, 5) is 6.85. The van der Waals surface area contributed by atoms with Crippen LogP contribution in [0.25, 0.3) is 0 Å². The molecule has 2 aromatic rings. The van der Waals surface area contributed by atoms with E-state index in [0.717, 1.165) is 10.8 Å². The van der Waals surface area contributed by atoms with Gasteiger partial charge in [0.05, 0.1) is 17.8 Å². The maximum absolute atomic E-state index is 5.63. The van der Waals surface area contributed by atoms with Crippen LogP contribution in [0.15, 0.2) is 42.9 Å². The fraction of sp³-hybridized carbons (Fsp3) is 0.474. The Balaban J connectivity index is 2.04. The minimum Gasteiger partial charge on any atom is -0.352 e. The third-order valence-corrected chi connectivity index (χ3v) is 4.85. The Morgan fingerprint density at radius 3 is 2.50 bits per heavy atom. The summed E-state index contributed by atoms with van der Waals surface area (Å²) in [5.41, 5.74) is 2.35. The first-order valence-electron chi connectivity index (χ1n) is 8.47. The van der Waals surface area contributed by atoms with Gasteiger partial charge in [-0.1, -0.05) is 6.07 Å². The Morgan fingerprint density at radius 1 is 1.21 bits per heavy atom. The molecule has 3 rings (SSSR count). The maximum atomic E-state index is 5.63. The van der Waals surface area contributed by atoms with Crippen molar-refractivity contribution in [2.75, 3.05) is 0 Å². The molecule has 4 nitrogen and oxygen atoms in total. The largest absolute Gasteiger partial charge is 0.352 e. The normalized spacial score (nSPS) is 21.4. The molecule has 0 bridgehead atoms. The van der Waals surface area contributed by atoms with Crippen LogP contribution in [0.4, 0.5) is 0 Å². The molecule has 1 fully saturated rings. The van der Waals surface area contributed by atoms with Gasteiger partial charge in [-0.05, 0) is 70.6 Å². The van der Waals surface area contributed by atoms with Gasteiger partial charge in [0.2, 0.25) is 0 Å². The van der Waals surface area contributed by atoms with E-state index >= 15 is 0 Å². The zero-order valence-electron chi connectivity index (χ0n) is 15.0. The summed E-state index contributed by atoms with van der Waals surface area (Å²) < 4.78 is 2.26. The van der Waals surface area contributed by atoms with Crippen LogP contribution in [0.5, 0.6) is 0 Å². The third kappa shape index (κ3) is 3.05. The molecule has 0 unspecified atom stereocenters. The van der Waals surface area contributed by atoms with E-state index in [1.807, 2.05) is 18.3 Å². The van der Waals surface area contributed by atoms with Crippen molar-refractivity contribution in [2.24, 2.45) is 0 Å². The molecule has 2 atom stereocenters. The van der Waals surface area contributed by atoms with Gasteiger partial charge in [0.15, 0.2) is 5.11 Å². The lowest BCUT2D eigenvalue weighted by Gasteiger charge is -2.30. The second-order valence-corrected chi connectivity index (χ2v) is 8.04. The first-order chi connectivity index (χ1) is 11.3. The number of hydrogen-bond donors (Lipinski definition) is 1. The molecule has 0 radical (unpaired) electrons. The molecule has 3 heterocycles. The predicted octanol–water partition coefficient (Wildman–Crippen LogP) is 4.02. The SMILES string of the molecule is CC(C)N1C(=S)N[C@H](c2ccccn2)[C@H]1c1ccn(C(C)(C)C)c1. The number of aromatic nitrogens is 2. The Hall–Kier alpha value is -1.88. The molecule has 1 saturated heterocycles. The Kier molecular flexibility index (Phi) is 4.38. The second kappa shape index (κ2) is 6.20. The van der Waals surface area contributed by atoms with Gasteiger partial charge in [-0.15, -0.1) is 0 Å². The van der Waals surface area contributed by atoms with E-state index < -0.39 is 0 Å². The van der Waals surface area contributed by atoms with E-state index in [1.165, 1.54) is 5.56 Å². The van der Waals surface area contributed by atoms with Crippen molar-refractivity contribution in [3.05, 3.63) is 54.1 Å². The van der Waals surface area contributed by atoms with Crippen molar-refractivity contribution >= 4 is 17.3 Å². The average Bonchev–Trinajstić information content (AvgIpc) is 3.11. The van der Waals surface area contributed by atoms with E-state index in [2.05, 4.69) is 78.9 Å². The summed E-state index contributed by atoms with van der Waals surface area (Å²) >= 11 is 5.63. The summed E-state index contributed by atoms with van der Waals surface area (Å²) in [6.45, 7) is 11.0. The fourth-order valence-corrected chi connectivity index (χ4v) is 3.73. The second-order valence-electron chi connectivity index (χ2n) is 7.65. The van der Waals surface area contributed by atoms with E-state index in [0.29, 0.717) is 6.04 Å². The van der Waals surface area contributed by atoms with Gasteiger partial charge in [-0.25, -0.2) is 0 Å². The van der Waals surface area contributed by atoms with Crippen molar-refractivity contribution in [2.45, 2.75) is 58.3 Å². The van der Waals surface area contributed by atoms with Crippen LogP contribution in [-0.2, 0) is 5.54 Å². The van der Waals surface area contributed by atoms with Crippen LogP contribution in [-0.4, -0.2) is 25.6 Å². The van der Waals surface area contributed by atoms with Crippen LogP contribution in [0.2, 0.25) is 0 Å². The highest BCUT2D eigenvalue weighted by Crippen LogP contribution is 2.40.